The van der Waals surface area contributed by atoms with Crippen molar-refractivity contribution >= 4 is 6.03 Å². The number of nitrogens with one attached hydrogen (secondary N) is 1. The molecule has 0 fully saturated rings. The molecular formula is C29H33N5O2. The van der Waals surface area contributed by atoms with Crippen molar-refractivity contribution in [3.63, 3.8) is 0 Å². The summed E-state index contributed by atoms with van der Waals surface area (Å²) < 4.78 is 9.40. The van der Waals surface area contributed by atoms with Crippen molar-refractivity contribution in [3.05, 3.63) is 101 Å². The molecule has 3 heterocycles. The van der Waals surface area contributed by atoms with E-state index in [1.807, 2.05) is 27.8 Å². The van der Waals surface area contributed by atoms with Gasteiger partial charge in [0.15, 0.2) is 0 Å². The fourth-order valence-electron chi connectivity index (χ4n) is 5.05. The van der Waals surface area contributed by atoms with Gasteiger partial charge in [-0.25, -0.2) is 9.48 Å². The van der Waals surface area contributed by atoms with Crippen LogP contribution in [0.15, 0.2) is 72.9 Å². The number of carbonyl (C=O) groups is 1. The van der Waals surface area contributed by atoms with Crippen LogP contribution < -0.4 is 5.32 Å². The van der Waals surface area contributed by atoms with Crippen LogP contribution >= 0.6 is 0 Å². The number of carbonyl (C=O) groups excluding carboxylic acids is 1. The monoisotopic (exact) mass is 483 g/mol. The third-order valence-corrected chi connectivity index (χ3v) is 6.72. The van der Waals surface area contributed by atoms with Gasteiger partial charge in [-0.3, -0.25) is 0 Å². The van der Waals surface area contributed by atoms with Gasteiger partial charge in [-0.1, -0.05) is 55.0 Å². The molecule has 2 aromatic heterocycles. The van der Waals surface area contributed by atoms with Crippen LogP contribution in [0, 0.1) is 6.92 Å². The average molecular weight is 484 g/mol. The molecule has 0 spiro atoms. The number of aryl methyl sites for hydroxylation is 2. The summed E-state index contributed by atoms with van der Waals surface area (Å²) in [5.41, 5.74) is 6.35. The smallest absolute Gasteiger partial charge is 0.318 e. The van der Waals surface area contributed by atoms with Crippen molar-refractivity contribution in [1.29, 1.82) is 0 Å². The molecule has 4 aromatic rings. The summed E-state index contributed by atoms with van der Waals surface area (Å²) in [5.74, 6) is 0.991. The first-order valence-electron chi connectivity index (χ1n) is 12.6. The molecule has 1 aliphatic rings. The average Bonchev–Trinajstić information content (AvgIpc) is 3.48. The molecule has 0 saturated carbocycles. The van der Waals surface area contributed by atoms with Crippen molar-refractivity contribution in [2.24, 2.45) is 0 Å². The molecule has 36 heavy (non-hydrogen) atoms. The molecule has 0 radical (unpaired) electrons. The SMILES string of the molecule is CCc1nn(-c2ccccc2)c2c1CN(C(=O)NCCCOC)[C@H](c1cccc(C)c1)c1cccn1-2. The number of ether oxygens (including phenoxy) is 1. The number of para-hydroxylation sites is 1. The number of amides is 2. The number of hydrogen-bond donors (Lipinski definition) is 1. The molecule has 7 heteroatoms. The lowest BCUT2D eigenvalue weighted by atomic mass is 10.00. The summed E-state index contributed by atoms with van der Waals surface area (Å²) in [7, 11) is 1.68. The standard InChI is InChI=1S/C29H33N5O2/c1-4-25-24-20-33(29(35)30-16-10-18-36-3)27(22-12-8-11-21(2)19-22)26-15-9-17-32(26)28(24)34(31-25)23-13-6-5-7-14-23/h5-9,11-15,17,19,27H,4,10,16,18,20H2,1-3H3,(H,30,35)/t27-/m1/s1. The van der Waals surface area contributed by atoms with E-state index in [1.54, 1.807) is 7.11 Å². The topological polar surface area (TPSA) is 64.3 Å². The van der Waals surface area contributed by atoms with Crippen LogP contribution in [-0.4, -0.2) is 45.5 Å². The Morgan fingerprint density at radius 1 is 1.11 bits per heavy atom. The van der Waals surface area contributed by atoms with Crippen molar-refractivity contribution in [2.45, 2.75) is 39.3 Å². The van der Waals surface area contributed by atoms with Gasteiger partial charge in [0.1, 0.15) is 5.82 Å². The minimum absolute atomic E-state index is 0.0901. The lowest BCUT2D eigenvalue weighted by molar-refractivity contribution is 0.174. The molecule has 0 unspecified atom stereocenters. The molecular weight excluding hydrogens is 450 g/mol. The lowest BCUT2D eigenvalue weighted by Gasteiger charge is -2.31. The van der Waals surface area contributed by atoms with E-state index in [0.717, 1.165) is 52.4 Å². The summed E-state index contributed by atoms with van der Waals surface area (Å²) in [6.07, 6.45) is 3.62. The first-order chi connectivity index (χ1) is 17.6. The van der Waals surface area contributed by atoms with Gasteiger partial charge in [0.05, 0.1) is 29.7 Å². The number of fused-ring (bicyclic) bond motifs is 3. The van der Waals surface area contributed by atoms with Crippen LogP contribution in [0.25, 0.3) is 11.5 Å². The van der Waals surface area contributed by atoms with E-state index in [1.165, 1.54) is 0 Å². The van der Waals surface area contributed by atoms with Gasteiger partial charge >= 0.3 is 6.03 Å². The van der Waals surface area contributed by atoms with Gasteiger partial charge in [0, 0.05) is 32.0 Å². The molecule has 1 N–H and O–H groups in total. The van der Waals surface area contributed by atoms with E-state index in [9.17, 15) is 4.79 Å². The molecule has 7 nitrogen and oxygen atoms in total. The van der Waals surface area contributed by atoms with Gasteiger partial charge in [-0.05, 0) is 49.6 Å². The van der Waals surface area contributed by atoms with Gasteiger partial charge in [-0.2, -0.15) is 5.10 Å². The van der Waals surface area contributed by atoms with Crippen molar-refractivity contribution < 1.29 is 9.53 Å². The number of aromatic nitrogens is 3. The first kappa shape index (κ1) is 23.9. The minimum Gasteiger partial charge on any atom is -0.385 e. The Balaban J connectivity index is 1.68. The van der Waals surface area contributed by atoms with Gasteiger partial charge in [-0.15, -0.1) is 0 Å². The highest BCUT2D eigenvalue weighted by Crippen LogP contribution is 2.38. The van der Waals surface area contributed by atoms with Gasteiger partial charge in [0.2, 0.25) is 0 Å². The second-order valence-electron chi connectivity index (χ2n) is 9.18. The molecule has 1 aliphatic heterocycles. The zero-order valence-corrected chi connectivity index (χ0v) is 21.1. The fraction of sp³-hybridized carbons (Fsp3) is 0.310. The summed E-state index contributed by atoms with van der Waals surface area (Å²) in [6, 6.07) is 22.5. The lowest BCUT2D eigenvalue weighted by Crippen LogP contribution is -2.42. The normalized spacial score (nSPS) is 14.8. The highest BCUT2D eigenvalue weighted by atomic mass is 16.5. The number of nitrogens with zero attached hydrogens (tertiary/aromatic N) is 4. The largest absolute Gasteiger partial charge is 0.385 e. The van der Waals surface area contributed by atoms with E-state index >= 15 is 0 Å². The molecule has 2 amide bonds. The number of hydrogen-bond acceptors (Lipinski definition) is 3. The zero-order valence-electron chi connectivity index (χ0n) is 21.1. The third-order valence-electron chi connectivity index (χ3n) is 6.72. The Morgan fingerprint density at radius 2 is 1.94 bits per heavy atom. The van der Waals surface area contributed by atoms with Crippen molar-refractivity contribution in [3.8, 4) is 11.5 Å². The zero-order chi connectivity index (χ0) is 25.1. The molecule has 0 bridgehead atoms. The van der Waals surface area contributed by atoms with Crippen LogP contribution in [0.4, 0.5) is 4.79 Å². The van der Waals surface area contributed by atoms with E-state index < -0.39 is 0 Å². The Labute approximate surface area is 212 Å². The Kier molecular flexibility index (Phi) is 6.91. The number of urea groups is 1. The molecule has 0 saturated heterocycles. The van der Waals surface area contributed by atoms with Crippen LogP contribution in [0.3, 0.4) is 0 Å². The quantitative estimate of drug-likeness (QED) is 0.368. The molecule has 1 atom stereocenters. The van der Waals surface area contributed by atoms with Crippen LogP contribution in [0.2, 0.25) is 0 Å². The number of methoxy groups -OCH3 is 1. The van der Waals surface area contributed by atoms with Crippen LogP contribution in [-0.2, 0) is 17.7 Å². The summed E-state index contributed by atoms with van der Waals surface area (Å²) >= 11 is 0. The predicted molar refractivity (Wildman–Crippen MR) is 141 cm³/mol. The van der Waals surface area contributed by atoms with Crippen molar-refractivity contribution in [1.82, 2.24) is 24.6 Å². The maximum absolute atomic E-state index is 13.7. The van der Waals surface area contributed by atoms with E-state index in [-0.39, 0.29) is 12.1 Å². The van der Waals surface area contributed by atoms with E-state index in [2.05, 4.69) is 78.5 Å². The Bertz CT molecular complexity index is 1340. The van der Waals surface area contributed by atoms with E-state index in [4.69, 9.17) is 9.84 Å². The van der Waals surface area contributed by atoms with Crippen LogP contribution in [0.5, 0.6) is 0 Å². The Hall–Kier alpha value is -3.84. The van der Waals surface area contributed by atoms with Gasteiger partial charge in [0.25, 0.3) is 0 Å². The molecule has 186 valence electrons. The minimum atomic E-state index is -0.247. The second-order valence-corrected chi connectivity index (χ2v) is 9.18. The Morgan fingerprint density at radius 3 is 2.69 bits per heavy atom. The highest BCUT2D eigenvalue weighted by molar-refractivity contribution is 5.76. The first-order valence-corrected chi connectivity index (χ1v) is 12.6. The summed E-state index contributed by atoms with van der Waals surface area (Å²) in [6.45, 7) is 5.83. The third kappa shape index (κ3) is 4.42. The fourth-order valence-corrected chi connectivity index (χ4v) is 5.05. The van der Waals surface area contributed by atoms with Crippen molar-refractivity contribution in [2.75, 3.05) is 20.3 Å². The predicted octanol–water partition coefficient (Wildman–Crippen LogP) is 5.18. The highest BCUT2D eigenvalue weighted by Gasteiger charge is 2.36. The molecule has 2 aromatic carbocycles. The van der Waals surface area contributed by atoms with Crippen LogP contribution in [0.1, 0.15) is 47.5 Å². The molecule has 0 aliphatic carbocycles. The summed E-state index contributed by atoms with van der Waals surface area (Å²) in [5, 5.41) is 8.14. The van der Waals surface area contributed by atoms with E-state index in [0.29, 0.717) is 19.7 Å². The maximum atomic E-state index is 13.7. The second kappa shape index (κ2) is 10.4. The number of benzene rings is 2. The summed E-state index contributed by atoms with van der Waals surface area (Å²) in [4.78, 5) is 15.7. The van der Waals surface area contributed by atoms with Gasteiger partial charge < -0.3 is 19.5 Å². The molecule has 5 rings (SSSR count). The number of rotatable bonds is 7. The maximum Gasteiger partial charge on any atom is 0.318 e.